The summed E-state index contributed by atoms with van der Waals surface area (Å²) in [5.41, 5.74) is 0. The summed E-state index contributed by atoms with van der Waals surface area (Å²) >= 11 is 0. The molecule has 1 N–H and O–H groups in total. The van der Waals surface area contributed by atoms with E-state index < -0.39 is 11.8 Å². The third kappa shape index (κ3) is 2.94. The van der Waals surface area contributed by atoms with E-state index >= 15 is 0 Å². The van der Waals surface area contributed by atoms with E-state index in [2.05, 4.69) is 5.32 Å². The second kappa shape index (κ2) is 4.88. The highest BCUT2D eigenvalue weighted by molar-refractivity contribution is 5.79. The van der Waals surface area contributed by atoms with Gasteiger partial charge in [-0.15, -0.1) is 0 Å². The largest absolute Gasteiger partial charge is 0.342 e. The minimum Gasteiger partial charge on any atom is -0.342 e. The van der Waals surface area contributed by atoms with Gasteiger partial charge in [0.1, 0.15) is 0 Å². The van der Waals surface area contributed by atoms with Crippen LogP contribution in [0.25, 0.3) is 0 Å². The normalized spacial score (nSPS) is 30.6. The van der Waals surface area contributed by atoms with Gasteiger partial charge in [0.2, 0.25) is 11.8 Å². The fraction of sp³-hybridized carbons (Fsp3) is 0.917. The third-order valence-corrected chi connectivity index (χ3v) is 3.86. The van der Waals surface area contributed by atoms with Gasteiger partial charge in [-0.25, -0.2) is 8.78 Å². The van der Waals surface area contributed by atoms with E-state index in [0.717, 1.165) is 19.9 Å². The van der Waals surface area contributed by atoms with E-state index in [9.17, 15) is 13.6 Å². The Morgan fingerprint density at radius 2 is 2.18 bits per heavy atom. The maximum absolute atomic E-state index is 13.3. The van der Waals surface area contributed by atoms with E-state index in [1.165, 1.54) is 0 Å². The molecule has 0 spiro atoms. The Labute approximate surface area is 101 Å². The van der Waals surface area contributed by atoms with Crippen molar-refractivity contribution in [2.45, 2.75) is 32.1 Å². The summed E-state index contributed by atoms with van der Waals surface area (Å²) in [5.74, 6) is -3.29. The smallest absolute Gasteiger partial charge is 0.249 e. The molecule has 2 fully saturated rings. The Kier molecular flexibility index (Phi) is 3.66. The van der Waals surface area contributed by atoms with E-state index in [0.29, 0.717) is 25.9 Å². The van der Waals surface area contributed by atoms with Crippen LogP contribution in [0.1, 0.15) is 26.2 Å². The fourth-order valence-corrected chi connectivity index (χ4v) is 2.71. The van der Waals surface area contributed by atoms with Crippen LogP contribution in [0.3, 0.4) is 0 Å². The predicted octanol–water partition coefficient (Wildman–Crippen LogP) is 1.49. The summed E-state index contributed by atoms with van der Waals surface area (Å²) in [5, 5.41) is 3.14. The minimum atomic E-state index is -2.67. The van der Waals surface area contributed by atoms with E-state index in [4.69, 9.17) is 0 Å². The molecule has 2 aliphatic heterocycles. The van der Waals surface area contributed by atoms with Crippen LogP contribution in [0, 0.1) is 11.8 Å². The lowest BCUT2D eigenvalue weighted by atomic mass is 9.91. The average Bonchev–Trinajstić information content (AvgIpc) is 2.80. The number of hydrogen-bond donors (Lipinski definition) is 1. The van der Waals surface area contributed by atoms with Crippen molar-refractivity contribution in [3.63, 3.8) is 0 Å². The van der Waals surface area contributed by atoms with Gasteiger partial charge >= 0.3 is 0 Å². The van der Waals surface area contributed by atoms with Crippen molar-refractivity contribution < 1.29 is 13.6 Å². The van der Waals surface area contributed by atoms with Crippen LogP contribution in [-0.4, -0.2) is 42.9 Å². The van der Waals surface area contributed by atoms with Gasteiger partial charge in [-0.3, -0.25) is 4.79 Å². The third-order valence-electron chi connectivity index (χ3n) is 3.86. The van der Waals surface area contributed by atoms with Crippen LogP contribution < -0.4 is 5.32 Å². The molecule has 0 aromatic rings. The molecule has 3 nitrogen and oxygen atoms in total. The van der Waals surface area contributed by atoms with Gasteiger partial charge in [0, 0.05) is 25.6 Å². The lowest BCUT2D eigenvalue weighted by molar-refractivity contribution is -0.140. The molecular weight excluding hydrogens is 226 g/mol. The van der Waals surface area contributed by atoms with Crippen molar-refractivity contribution >= 4 is 5.91 Å². The number of carbonyl (C=O) groups excluding carboxylic acids is 1. The zero-order valence-corrected chi connectivity index (χ0v) is 10.2. The van der Waals surface area contributed by atoms with Gasteiger partial charge in [0.05, 0.1) is 5.92 Å². The molecule has 0 radical (unpaired) electrons. The first-order valence-corrected chi connectivity index (χ1v) is 6.36. The second-order valence-electron chi connectivity index (χ2n) is 5.27. The standard InChI is InChI=1S/C12H20F2N2O/c1-12(13,14)10-3-2-6-16(8-10)11(17)9-4-5-15-7-9/h9-10,15H,2-8H2,1H3/t9-,10+/m0/s1. The topological polar surface area (TPSA) is 32.3 Å². The molecule has 0 bridgehead atoms. The molecule has 0 unspecified atom stereocenters. The van der Waals surface area contributed by atoms with Crippen molar-refractivity contribution in [2.24, 2.45) is 11.8 Å². The highest BCUT2D eigenvalue weighted by Gasteiger charge is 2.39. The van der Waals surface area contributed by atoms with Gasteiger partial charge in [-0.1, -0.05) is 0 Å². The zero-order chi connectivity index (χ0) is 12.5. The number of alkyl halides is 2. The maximum atomic E-state index is 13.3. The van der Waals surface area contributed by atoms with Crippen LogP contribution in [0.2, 0.25) is 0 Å². The van der Waals surface area contributed by atoms with Crippen molar-refractivity contribution in [2.75, 3.05) is 26.2 Å². The Morgan fingerprint density at radius 1 is 1.41 bits per heavy atom. The predicted molar refractivity (Wildman–Crippen MR) is 60.9 cm³/mol. The molecular formula is C12H20F2N2O. The Morgan fingerprint density at radius 3 is 2.76 bits per heavy atom. The van der Waals surface area contributed by atoms with Crippen molar-refractivity contribution in [1.82, 2.24) is 10.2 Å². The van der Waals surface area contributed by atoms with E-state index in [1.54, 1.807) is 4.90 Å². The number of likely N-dealkylation sites (tertiary alicyclic amines) is 1. The van der Waals surface area contributed by atoms with Crippen molar-refractivity contribution in [3.05, 3.63) is 0 Å². The van der Waals surface area contributed by atoms with E-state index in [1.807, 2.05) is 0 Å². The molecule has 2 rings (SSSR count). The summed E-state index contributed by atoms with van der Waals surface area (Å²) in [6.07, 6.45) is 2.05. The maximum Gasteiger partial charge on any atom is 0.249 e. The highest BCUT2D eigenvalue weighted by atomic mass is 19.3. The molecule has 2 aliphatic rings. The lowest BCUT2D eigenvalue weighted by Gasteiger charge is -2.36. The molecule has 0 aromatic heterocycles. The first-order chi connectivity index (χ1) is 7.98. The molecule has 0 aromatic carbocycles. The molecule has 17 heavy (non-hydrogen) atoms. The molecule has 2 saturated heterocycles. The molecule has 5 heteroatoms. The van der Waals surface area contributed by atoms with Crippen LogP contribution >= 0.6 is 0 Å². The number of amides is 1. The minimum absolute atomic E-state index is 0.000714. The molecule has 98 valence electrons. The number of halogens is 2. The van der Waals surface area contributed by atoms with Crippen LogP contribution in [0.15, 0.2) is 0 Å². The first kappa shape index (κ1) is 12.7. The van der Waals surface area contributed by atoms with Gasteiger partial charge in [-0.2, -0.15) is 0 Å². The summed E-state index contributed by atoms with van der Waals surface area (Å²) in [6.45, 7) is 3.38. The number of piperidine rings is 1. The molecule has 0 saturated carbocycles. The number of nitrogens with zero attached hydrogens (tertiary/aromatic N) is 1. The molecule has 2 atom stereocenters. The summed E-state index contributed by atoms with van der Waals surface area (Å²) in [4.78, 5) is 13.8. The van der Waals surface area contributed by atoms with Crippen molar-refractivity contribution in [1.29, 1.82) is 0 Å². The zero-order valence-electron chi connectivity index (χ0n) is 10.2. The molecule has 0 aliphatic carbocycles. The highest BCUT2D eigenvalue weighted by Crippen LogP contribution is 2.32. The van der Waals surface area contributed by atoms with Gasteiger partial charge in [0.25, 0.3) is 0 Å². The van der Waals surface area contributed by atoms with Crippen LogP contribution in [-0.2, 0) is 4.79 Å². The SMILES string of the molecule is CC(F)(F)[C@@H]1CCCN(C(=O)[C@H]2CCNC2)C1. The summed E-state index contributed by atoms with van der Waals surface area (Å²) in [6, 6.07) is 0. The summed E-state index contributed by atoms with van der Waals surface area (Å²) < 4.78 is 26.5. The van der Waals surface area contributed by atoms with Gasteiger partial charge in [-0.05, 0) is 32.7 Å². The van der Waals surface area contributed by atoms with Gasteiger partial charge in [0.15, 0.2) is 0 Å². The fourth-order valence-electron chi connectivity index (χ4n) is 2.71. The average molecular weight is 246 g/mol. The molecule has 1 amide bonds. The quantitative estimate of drug-likeness (QED) is 0.800. The Bertz CT molecular complexity index is 285. The van der Waals surface area contributed by atoms with Gasteiger partial charge < -0.3 is 10.2 Å². The lowest BCUT2D eigenvalue weighted by Crippen LogP contribution is -2.47. The number of rotatable bonds is 2. The summed E-state index contributed by atoms with van der Waals surface area (Å²) in [7, 11) is 0. The van der Waals surface area contributed by atoms with Crippen LogP contribution in [0.4, 0.5) is 8.78 Å². The number of nitrogens with one attached hydrogen (secondary N) is 1. The first-order valence-electron chi connectivity index (χ1n) is 6.36. The number of carbonyl (C=O) groups is 1. The van der Waals surface area contributed by atoms with Crippen molar-refractivity contribution in [3.8, 4) is 0 Å². The molecule has 2 heterocycles. The second-order valence-corrected chi connectivity index (χ2v) is 5.27. The number of hydrogen-bond acceptors (Lipinski definition) is 2. The van der Waals surface area contributed by atoms with Crippen LogP contribution in [0.5, 0.6) is 0 Å². The van der Waals surface area contributed by atoms with E-state index in [-0.39, 0.29) is 18.4 Å². The Balaban J connectivity index is 1.94. The monoisotopic (exact) mass is 246 g/mol. The Hall–Kier alpha value is -0.710.